The lowest BCUT2D eigenvalue weighted by molar-refractivity contribution is -0.000966. The normalized spacial score (nSPS) is 36.0. The molecule has 1 saturated heterocycles. The van der Waals surface area contributed by atoms with Crippen molar-refractivity contribution in [3.8, 4) is 0 Å². The molecule has 0 aromatic carbocycles. The summed E-state index contributed by atoms with van der Waals surface area (Å²) < 4.78 is 18.8. The lowest BCUT2D eigenvalue weighted by Gasteiger charge is -2.13. The van der Waals surface area contributed by atoms with Crippen LogP contribution in [0.15, 0.2) is 0 Å². The van der Waals surface area contributed by atoms with Crippen molar-refractivity contribution in [2.24, 2.45) is 0 Å². The summed E-state index contributed by atoms with van der Waals surface area (Å²) in [4.78, 5) is 0. The molecule has 0 aromatic heterocycles. The van der Waals surface area contributed by atoms with E-state index < -0.39 is 23.0 Å². The average molecular weight is 238 g/mol. The van der Waals surface area contributed by atoms with Crippen LogP contribution in [0.2, 0.25) is 0 Å². The minimum absolute atomic E-state index is 0.207. The van der Waals surface area contributed by atoms with Crippen LogP contribution in [0.4, 0.5) is 4.39 Å². The Morgan fingerprint density at radius 1 is 1.40 bits per heavy atom. The Kier molecular flexibility index (Phi) is 5.89. The Morgan fingerprint density at radius 3 is 2.67 bits per heavy atom. The highest BCUT2D eigenvalue weighted by Crippen LogP contribution is 2.36. The van der Waals surface area contributed by atoms with Crippen LogP contribution in [-0.4, -0.2) is 46.4 Å². The highest BCUT2D eigenvalue weighted by atomic mass is 32.2. The van der Waals surface area contributed by atoms with Gasteiger partial charge in [-0.3, -0.25) is 0 Å². The molecule has 0 spiro atoms. The lowest BCUT2D eigenvalue weighted by Crippen LogP contribution is -2.31. The summed E-state index contributed by atoms with van der Waals surface area (Å²) in [6.07, 6.45) is 0.604. The molecule has 0 aliphatic carbocycles. The van der Waals surface area contributed by atoms with Crippen LogP contribution in [0.5, 0.6) is 0 Å². The molecule has 3 nitrogen and oxygen atoms in total. The number of halogens is 1. The van der Waals surface area contributed by atoms with Crippen LogP contribution in [0, 0.1) is 0 Å². The predicted molar refractivity (Wildman–Crippen MR) is 58.6 cm³/mol. The largest absolute Gasteiger partial charge is 0.395 e. The van der Waals surface area contributed by atoms with Gasteiger partial charge in [0, 0.05) is 6.61 Å². The molecule has 15 heavy (non-hydrogen) atoms. The molecule has 0 aromatic rings. The molecule has 1 rings (SSSR count). The van der Waals surface area contributed by atoms with E-state index in [-0.39, 0.29) is 6.61 Å². The topological polar surface area (TPSA) is 49.7 Å². The minimum atomic E-state index is -1.38. The number of alkyl halides is 1. The maximum Gasteiger partial charge on any atom is 0.162 e. The van der Waals surface area contributed by atoms with Crippen LogP contribution < -0.4 is 0 Å². The molecule has 0 radical (unpaired) electrons. The molecule has 1 heterocycles. The molecule has 2 N–H and O–H groups in total. The number of aliphatic hydroxyl groups excluding tert-OH is 2. The molecular formula is C10H19FO3S. The van der Waals surface area contributed by atoms with Gasteiger partial charge < -0.3 is 14.9 Å². The number of hydrogen-bond donors (Lipinski definition) is 2. The molecule has 1 fully saturated rings. The first-order chi connectivity index (χ1) is 7.20. The number of ether oxygens (including phenoxy) is 1. The Morgan fingerprint density at radius 2 is 2.13 bits per heavy atom. The molecule has 0 unspecified atom stereocenters. The van der Waals surface area contributed by atoms with E-state index in [4.69, 9.17) is 9.84 Å². The maximum atomic E-state index is 13.4. The summed E-state index contributed by atoms with van der Waals surface area (Å²) in [5.74, 6) is 0. The highest BCUT2D eigenvalue weighted by Gasteiger charge is 2.43. The third-order valence-corrected chi connectivity index (χ3v) is 3.93. The third-order valence-electron chi connectivity index (χ3n) is 2.49. The second-order valence-corrected chi connectivity index (χ2v) is 5.08. The van der Waals surface area contributed by atoms with Gasteiger partial charge in [0.1, 0.15) is 11.5 Å². The zero-order valence-corrected chi connectivity index (χ0v) is 9.75. The smallest absolute Gasteiger partial charge is 0.162 e. The average Bonchev–Trinajstić information content (AvgIpc) is 2.52. The van der Waals surface area contributed by atoms with Crippen molar-refractivity contribution in [2.75, 3.05) is 13.2 Å². The Bertz CT molecular complexity index is 182. The summed E-state index contributed by atoms with van der Waals surface area (Å²) in [5, 5.41) is 17.8. The fourth-order valence-corrected chi connectivity index (χ4v) is 2.76. The molecule has 1 aliphatic rings. The van der Waals surface area contributed by atoms with E-state index in [9.17, 15) is 9.50 Å². The van der Waals surface area contributed by atoms with E-state index in [1.807, 2.05) is 0 Å². The highest BCUT2D eigenvalue weighted by molar-refractivity contribution is 8.00. The molecule has 1 aliphatic heterocycles. The van der Waals surface area contributed by atoms with E-state index in [2.05, 4.69) is 6.92 Å². The molecule has 4 atom stereocenters. The molecule has 5 heteroatoms. The van der Waals surface area contributed by atoms with Gasteiger partial charge in [0.05, 0.1) is 11.9 Å². The van der Waals surface area contributed by atoms with E-state index >= 15 is 0 Å². The van der Waals surface area contributed by atoms with Gasteiger partial charge in [0.2, 0.25) is 0 Å². The number of hydrogen-bond acceptors (Lipinski definition) is 4. The van der Waals surface area contributed by atoms with Crippen molar-refractivity contribution in [3.63, 3.8) is 0 Å². The quantitative estimate of drug-likeness (QED) is 0.685. The summed E-state index contributed by atoms with van der Waals surface area (Å²) in [7, 11) is 0. The Hall–Kier alpha value is 0.160. The van der Waals surface area contributed by atoms with Crippen molar-refractivity contribution in [1.82, 2.24) is 0 Å². The van der Waals surface area contributed by atoms with Crippen LogP contribution in [0.25, 0.3) is 0 Å². The zero-order valence-electron chi connectivity index (χ0n) is 8.93. The fraction of sp³-hybridized carbons (Fsp3) is 1.00. The van der Waals surface area contributed by atoms with Crippen LogP contribution in [0.1, 0.15) is 26.2 Å². The van der Waals surface area contributed by atoms with Crippen LogP contribution in [-0.2, 0) is 4.74 Å². The van der Waals surface area contributed by atoms with Gasteiger partial charge in [-0.25, -0.2) is 4.39 Å². The first-order valence-corrected chi connectivity index (χ1v) is 6.35. The monoisotopic (exact) mass is 238 g/mol. The van der Waals surface area contributed by atoms with Gasteiger partial charge in [0.15, 0.2) is 6.17 Å². The molecular weight excluding hydrogens is 219 g/mol. The molecule has 90 valence electrons. The van der Waals surface area contributed by atoms with Crippen molar-refractivity contribution < 1.29 is 19.3 Å². The minimum Gasteiger partial charge on any atom is -0.395 e. The number of aliphatic hydroxyl groups is 2. The van der Waals surface area contributed by atoms with Crippen LogP contribution in [0.3, 0.4) is 0 Å². The zero-order chi connectivity index (χ0) is 11.3. The van der Waals surface area contributed by atoms with Gasteiger partial charge in [-0.2, -0.15) is 0 Å². The molecule has 0 amide bonds. The summed E-state index contributed by atoms with van der Waals surface area (Å²) in [6.45, 7) is 2.41. The van der Waals surface area contributed by atoms with E-state index in [0.29, 0.717) is 6.61 Å². The van der Waals surface area contributed by atoms with Gasteiger partial charge in [-0.1, -0.05) is 19.8 Å². The fourth-order valence-electron chi connectivity index (χ4n) is 1.53. The second kappa shape index (κ2) is 6.68. The summed E-state index contributed by atoms with van der Waals surface area (Å²) in [6, 6.07) is 0. The van der Waals surface area contributed by atoms with Gasteiger partial charge in [-0.05, 0) is 6.42 Å². The van der Waals surface area contributed by atoms with Crippen molar-refractivity contribution >= 4 is 11.8 Å². The predicted octanol–water partition coefficient (Wildman–Crippen LogP) is 1.33. The summed E-state index contributed by atoms with van der Waals surface area (Å²) in [5.41, 5.74) is -0.617. The first-order valence-electron chi connectivity index (χ1n) is 5.40. The van der Waals surface area contributed by atoms with E-state index in [1.54, 1.807) is 0 Å². The standard InChI is InChI=1S/C10H19FO3S/c1-2-3-4-5-14-10-8(11)9(13)7(6-12)15-10/h7-10,12-13H,2-6H2,1H3/t7-,8+,9+,10-/m0/s1. The van der Waals surface area contributed by atoms with Crippen LogP contribution >= 0.6 is 11.8 Å². The molecule has 0 bridgehead atoms. The van der Waals surface area contributed by atoms with Crippen molar-refractivity contribution in [3.05, 3.63) is 0 Å². The Labute approximate surface area is 94.0 Å². The van der Waals surface area contributed by atoms with E-state index in [0.717, 1.165) is 19.3 Å². The second-order valence-electron chi connectivity index (χ2n) is 3.74. The van der Waals surface area contributed by atoms with Crippen molar-refractivity contribution in [2.45, 2.75) is 49.1 Å². The number of unbranched alkanes of at least 4 members (excludes halogenated alkanes) is 2. The Balaban J connectivity index is 2.25. The van der Waals surface area contributed by atoms with Crippen molar-refractivity contribution in [1.29, 1.82) is 0 Å². The lowest BCUT2D eigenvalue weighted by atomic mass is 10.2. The van der Waals surface area contributed by atoms with Gasteiger partial charge in [0.25, 0.3) is 0 Å². The maximum absolute atomic E-state index is 13.4. The van der Waals surface area contributed by atoms with Gasteiger partial charge in [-0.15, -0.1) is 11.8 Å². The SMILES string of the molecule is CCCCCO[C@H]1S[C@@H](CO)[C@@H](O)[C@H]1F. The first kappa shape index (κ1) is 13.2. The number of thioether (sulfide) groups is 1. The third kappa shape index (κ3) is 3.59. The molecule has 0 saturated carbocycles. The van der Waals surface area contributed by atoms with Gasteiger partial charge >= 0.3 is 0 Å². The van der Waals surface area contributed by atoms with E-state index in [1.165, 1.54) is 11.8 Å². The number of rotatable bonds is 6. The summed E-state index contributed by atoms with van der Waals surface area (Å²) >= 11 is 1.19.